The molecule has 28 heavy (non-hydrogen) atoms. The van der Waals surface area contributed by atoms with Crippen molar-refractivity contribution in [2.24, 2.45) is 17.8 Å². The van der Waals surface area contributed by atoms with Gasteiger partial charge in [0.05, 0.1) is 5.69 Å². The average Bonchev–Trinajstić information content (AvgIpc) is 3.13. The number of aromatic nitrogens is 1. The third-order valence-electron chi connectivity index (χ3n) is 7.12. The summed E-state index contributed by atoms with van der Waals surface area (Å²) >= 11 is 1.45. The normalized spacial score (nSPS) is 30.6. The minimum absolute atomic E-state index is 0.222. The van der Waals surface area contributed by atoms with Gasteiger partial charge < -0.3 is 10.2 Å². The lowest BCUT2D eigenvalue weighted by atomic mass is 9.49. The second-order valence-electron chi connectivity index (χ2n) is 8.97. The van der Waals surface area contributed by atoms with Gasteiger partial charge >= 0.3 is 11.8 Å². The van der Waals surface area contributed by atoms with Crippen LogP contribution in [0, 0.1) is 17.8 Å². The van der Waals surface area contributed by atoms with Gasteiger partial charge in [0, 0.05) is 23.9 Å². The highest BCUT2D eigenvalue weighted by Crippen LogP contribution is 2.60. The Labute approximate surface area is 171 Å². The predicted octanol–water partition coefficient (Wildman–Crippen LogP) is 3.01. The molecule has 2 N–H and O–H groups in total. The fraction of sp³-hybridized carbons (Fsp3) is 0.762. The lowest BCUT2D eigenvalue weighted by Crippen LogP contribution is -2.48. The number of thiazole rings is 1. The summed E-state index contributed by atoms with van der Waals surface area (Å²) in [4.78, 5) is 31.2. The lowest BCUT2D eigenvalue weighted by molar-refractivity contribution is -0.136. The molecule has 154 valence electrons. The summed E-state index contributed by atoms with van der Waals surface area (Å²) in [7, 11) is 0. The fourth-order valence-corrected chi connectivity index (χ4v) is 6.93. The van der Waals surface area contributed by atoms with Crippen molar-refractivity contribution in [1.29, 1.82) is 0 Å². The summed E-state index contributed by atoms with van der Waals surface area (Å²) in [6.45, 7) is 7.27. The van der Waals surface area contributed by atoms with E-state index >= 15 is 0 Å². The topological polar surface area (TPSA) is 74.3 Å². The molecule has 4 aliphatic carbocycles. The zero-order valence-corrected chi connectivity index (χ0v) is 17.8. The van der Waals surface area contributed by atoms with Gasteiger partial charge in [-0.25, -0.2) is 4.98 Å². The molecule has 0 aromatic carbocycles. The first-order chi connectivity index (χ1) is 13.5. The number of carbonyl (C=O) groups is 2. The van der Waals surface area contributed by atoms with Crippen LogP contribution in [-0.2, 0) is 15.0 Å². The minimum atomic E-state index is -0.619. The highest BCUT2D eigenvalue weighted by molar-refractivity contribution is 7.14. The molecule has 4 aliphatic rings. The number of anilines is 1. The van der Waals surface area contributed by atoms with E-state index < -0.39 is 11.8 Å². The molecule has 1 aromatic heterocycles. The van der Waals surface area contributed by atoms with E-state index in [1.807, 2.05) is 0 Å². The Bertz CT molecular complexity index is 692. The minimum Gasteiger partial charge on any atom is -0.347 e. The van der Waals surface area contributed by atoms with Crippen molar-refractivity contribution in [2.45, 2.75) is 57.8 Å². The highest BCUT2D eigenvalue weighted by Gasteiger charge is 2.52. The SMILES string of the molecule is CCN(CC)CCNC(=O)C(=O)Nc1nc(C23CC4CC(CC(C4)C2)C3)cs1. The molecule has 6 nitrogen and oxygen atoms in total. The summed E-state index contributed by atoms with van der Waals surface area (Å²) in [6.07, 6.45) is 7.97. The van der Waals surface area contributed by atoms with Gasteiger partial charge in [-0.2, -0.15) is 0 Å². The molecule has 0 spiro atoms. The Hall–Kier alpha value is -1.47. The van der Waals surface area contributed by atoms with Crippen molar-refractivity contribution < 1.29 is 9.59 Å². The molecular weight excluding hydrogens is 372 g/mol. The van der Waals surface area contributed by atoms with E-state index in [1.165, 1.54) is 49.9 Å². The second kappa shape index (κ2) is 8.11. The molecule has 4 fully saturated rings. The van der Waals surface area contributed by atoms with E-state index in [2.05, 4.69) is 34.8 Å². The maximum Gasteiger partial charge on any atom is 0.315 e. The fourth-order valence-electron chi connectivity index (χ4n) is 6.10. The Morgan fingerprint density at radius 1 is 1.11 bits per heavy atom. The molecule has 4 saturated carbocycles. The molecule has 0 saturated heterocycles. The summed E-state index contributed by atoms with van der Waals surface area (Å²) in [5.41, 5.74) is 1.37. The average molecular weight is 405 g/mol. The van der Waals surface area contributed by atoms with Crippen LogP contribution in [0.5, 0.6) is 0 Å². The highest BCUT2D eigenvalue weighted by atomic mass is 32.1. The molecule has 1 heterocycles. The van der Waals surface area contributed by atoms with E-state index in [0.717, 1.165) is 43.1 Å². The first-order valence-corrected chi connectivity index (χ1v) is 11.7. The van der Waals surface area contributed by atoms with Gasteiger partial charge in [0.15, 0.2) is 5.13 Å². The molecular formula is C21H32N4O2S. The monoisotopic (exact) mass is 404 g/mol. The van der Waals surface area contributed by atoms with Gasteiger partial charge in [0.25, 0.3) is 0 Å². The van der Waals surface area contributed by atoms with E-state index in [9.17, 15) is 9.59 Å². The first-order valence-electron chi connectivity index (χ1n) is 10.8. The van der Waals surface area contributed by atoms with Crippen LogP contribution in [0.1, 0.15) is 58.1 Å². The maximum atomic E-state index is 12.2. The van der Waals surface area contributed by atoms with Crippen molar-refractivity contribution in [1.82, 2.24) is 15.2 Å². The Morgan fingerprint density at radius 2 is 1.71 bits per heavy atom. The molecule has 2 amide bonds. The van der Waals surface area contributed by atoms with Crippen LogP contribution >= 0.6 is 11.3 Å². The van der Waals surface area contributed by atoms with Crippen molar-refractivity contribution >= 4 is 28.3 Å². The third-order valence-corrected chi connectivity index (χ3v) is 7.88. The standard InChI is InChI=1S/C21H32N4O2S/c1-3-25(4-2)6-5-22-18(26)19(27)24-20-23-17(13-28-20)21-10-14-7-15(11-21)9-16(8-14)12-21/h13-16H,3-12H2,1-2H3,(H,22,26)(H,23,24,27). The van der Waals surface area contributed by atoms with Crippen molar-refractivity contribution in [3.63, 3.8) is 0 Å². The van der Waals surface area contributed by atoms with Crippen LogP contribution in [0.3, 0.4) is 0 Å². The van der Waals surface area contributed by atoms with E-state index in [4.69, 9.17) is 4.98 Å². The summed E-state index contributed by atoms with van der Waals surface area (Å²) in [6, 6.07) is 0. The number of rotatable bonds is 7. The van der Waals surface area contributed by atoms with Crippen LogP contribution in [-0.4, -0.2) is 47.9 Å². The number of carbonyl (C=O) groups excluding carboxylic acids is 2. The zero-order valence-electron chi connectivity index (χ0n) is 17.0. The van der Waals surface area contributed by atoms with Gasteiger partial charge in [-0.3, -0.25) is 14.9 Å². The van der Waals surface area contributed by atoms with E-state index in [1.54, 1.807) is 0 Å². The van der Waals surface area contributed by atoms with Crippen LogP contribution in [0.15, 0.2) is 5.38 Å². The maximum absolute atomic E-state index is 12.2. The van der Waals surface area contributed by atoms with Crippen LogP contribution in [0.25, 0.3) is 0 Å². The first kappa shape index (κ1) is 19.8. The molecule has 0 aliphatic heterocycles. The number of hydrogen-bond donors (Lipinski definition) is 2. The van der Waals surface area contributed by atoms with Gasteiger partial charge in [0.1, 0.15) is 0 Å². The van der Waals surface area contributed by atoms with E-state index in [-0.39, 0.29) is 5.41 Å². The third kappa shape index (κ3) is 3.96. The summed E-state index contributed by atoms with van der Waals surface area (Å²) in [5.74, 6) is 1.39. The number of likely N-dealkylation sites (N-methyl/N-ethyl adjacent to an activating group) is 1. The number of amides is 2. The van der Waals surface area contributed by atoms with Crippen molar-refractivity contribution in [2.75, 3.05) is 31.5 Å². The zero-order chi connectivity index (χ0) is 19.7. The summed E-state index contributed by atoms with van der Waals surface area (Å²) < 4.78 is 0. The summed E-state index contributed by atoms with van der Waals surface area (Å²) in [5, 5.41) is 8.07. The van der Waals surface area contributed by atoms with E-state index in [0.29, 0.717) is 11.7 Å². The van der Waals surface area contributed by atoms with Gasteiger partial charge in [-0.1, -0.05) is 13.8 Å². The Kier molecular flexibility index (Phi) is 5.74. The Balaban J connectivity index is 1.32. The van der Waals surface area contributed by atoms with Gasteiger partial charge in [-0.05, 0) is 69.4 Å². The van der Waals surface area contributed by atoms with Crippen molar-refractivity contribution in [3.05, 3.63) is 11.1 Å². The molecule has 4 bridgehead atoms. The van der Waals surface area contributed by atoms with Crippen LogP contribution in [0.2, 0.25) is 0 Å². The number of nitrogens with zero attached hydrogens (tertiary/aromatic N) is 2. The quantitative estimate of drug-likeness (QED) is 0.685. The molecule has 7 heteroatoms. The predicted molar refractivity (Wildman–Crippen MR) is 111 cm³/mol. The largest absolute Gasteiger partial charge is 0.347 e. The van der Waals surface area contributed by atoms with Crippen molar-refractivity contribution in [3.8, 4) is 0 Å². The number of hydrogen-bond acceptors (Lipinski definition) is 5. The lowest BCUT2D eigenvalue weighted by Gasteiger charge is -2.56. The second-order valence-corrected chi connectivity index (χ2v) is 9.83. The number of nitrogens with one attached hydrogen (secondary N) is 2. The van der Waals surface area contributed by atoms with Crippen LogP contribution in [0.4, 0.5) is 5.13 Å². The molecule has 0 atom stereocenters. The molecule has 0 radical (unpaired) electrons. The smallest absolute Gasteiger partial charge is 0.315 e. The Morgan fingerprint density at radius 3 is 2.29 bits per heavy atom. The molecule has 1 aromatic rings. The van der Waals surface area contributed by atoms with Gasteiger partial charge in [-0.15, -0.1) is 11.3 Å². The van der Waals surface area contributed by atoms with Gasteiger partial charge in [0.2, 0.25) is 0 Å². The molecule has 0 unspecified atom stereocenters. The molecule has 5 rings (SSSR count). The van der Waals surface area contributed by atoms with Crippen LogP contribution < -0.4 is 10.6 Å².